The molecule has 2 nitrogen and oxygen atoms in total. The molecule has 2 aliphatic rings. The standard InChI is InChI=1S/C49H55NO/c1-5-9-29-48(30-10-6-2)44-19-15-13-17-40(44)42-27-25-38(33-46(42)48)50(37-23-21-36(35-51)22-24-37)39-26-28-43-41-18-14-16-20-45(41)49(31-11-7-3,32-12-8-4)47(43)34-39/h13-28,33-35H,5-12,29-32H2,1-4H3. The van der Waals surface area contributed by atoms with Gasteiger partial charge in [-0.2, -0.15) is 0 Å². The smallest absolute Gasteiger partial charge is 0.150 e. The second-order valence-electron chi connectivity index (χ2n) is 15.2. The van der Waals surface area contributed by atoms with Crippen LogP contribution in [0.2, 0.25) is 0 Å². The average Bonchev–Trinajstić information content (AvgIpc) is 3.61. The van der Waals surface area contributed by atoms with Crippen molar-refractivity contribution in [1.82, 2.24) is 0 Å². The Bertz CT molecular complexity index is 1850. The van der Waals surface area contributed by atoms with Gasteiger partial charge in [0.1, 0.15) is 6.29 Å². The van der Waals surface area contributed by atoms with E-state index < -0.39 is 0 Å². The fourth-order valence-electron chi connectivity index (χ4n) is 9.56. The summed E-state index contributed by atoms with van der Waals surface area (Å²) < 4.78 is 0. The number of unbranched alkanes of at least 4 members (excludes halogenated alkanes) is 4. The van der Waals surface area contributed by atoms with Crippen molar-refractivity contribution in [3.8, 4) is 22.3 Å². The number of benzene rings is 5. The molecule has 0 heterocycles. The fraction of sp³-hybridized carbons (Fsp3) is 0.367. The number of rotatable bonds is 16. The summed E-state index contributed by atoms with van der Waals surface area (Å²) in [6.07, 6.45) is 15.2. The highest BCUT2D eigenvalue weighted by Crippen LogP contribution is 2.57. The molecule has 0 aliphatic heterocycles. The maximum atomic E-state index is 11.8. The van der Waals surface area contributed by atoms with Crippen LogP contribution in [0.3, 0.4) is 0 Å². The summed E-state index contributed by atoms with van der Waals surface area (Å²) in [5.41, 5.74) is 15.7. The first kappa shape index (κ1) is 35.0. The van der Waals surface area contributed by atoms with Crippen molar-refractivity contribution in [3.05, 3.63) is 137 Å². The Morgan fingerprint density at radius 2 is 0.824 bits per heavy atom. The van der Waals surface area contributed by atoms with E-state index in [0.717, 1.165) is 12.0 Å². The van der Waals surface area contributed by atoms with Crippen LogP contribution >= 0.6 is 0 Å². The van der Waals surface area contributed by atoms with Gasteiger partial charge in [-0.25, -0.2) is 0 Å². The Hall–Kier alpha value is -4.43. The van der Waals surface area contributed by atoms with Gasteiger partial charge in [0.25, 0.3) is 0 Å². The summed E-state index contributed by atoms with van der Waals surface area (Å²) in [6.45, 7) is 9.29. The topological polar surface area (TPSA) is 20.3 Å². The minimum atomic E-state index is 0.00996. The second kappa shape index (κ2) is 15.0. The lowest BCUT2D eigenvalue weighted by atomic mass is 9.70. The van der Waals surface area contributed by atoms with Crippen LogP contribution in [0, 0.1) is 0 Å². The van der Waals surface area contributed by atoms with E-state index in [9.17, 15) is 4.79 Å². The van der Waals surface area contributed by atoms with Crippen molar-refractivity contribution in [2.45, 2.75) is 116 Å². The minimum Gasteiger partial charge on any atom is -0.310 e. The van der Waals surface area contributed by atoms with Crippen molar-refractivity contribution in [3.63, 3.8) is 0 Å². The molecule has 2 heteroatoms. The molecule has 0 radical (unpaired) electrons. The molecule has 0 aromatic heterocycles. The van der Waals surface area contributed by atoms with E-state index in [1.54, 1.807) is 0 Å². The molecule has 5 aromatic carbocycles. The lowest BCUT2D eigenvalue weighted by Gasteiger charge is -2.35. The normalized spacial score (nSPS) is 14.4. The first-order valence-electron chi connectivity index (χ1n) is 19.9. The molecule has 0 amide bonds. The zero-order valence-electron chi connectivity index (χ0n) is 31.3. The summed E-state index contributed by atoms with van der Waals surface area (Å²) >= 11 is 0. The third kappa shape index (κ3) is 6.05. The average molecular weight is 674 g/mol. The van der Waals surface area contributed by atoms with Crippen molar-refractivity contribution >= 4 is 23.3 Å². The fourth-order valence-corrected chi connectivity index (χ4v) is 9.56. The number of aldehydes is 1. The minimum absolute atomic E-state index is 0.00996. The van der Waals surface area contributed by atoms with Crippen LogP contribution in [-0.2, 0) is 10.8 Å². The number of carbonyl (C=O) groups is 1. The van der Waals surface area contributed by atoms with Gasteiger partial charge in [0.15, 0.2) is 0 Å². The van der Waals surface area contributed by atoms with Crippen LogP contribution in [0.25, 0.3) is 22.3 Å². The molecule has 0 atom stereocenters. The predicted molar refractivity (Wildman–Crippen MR) is 217 cm³/mol. The third-order valence-electron chi connectivity index (χ3n) is 12.1. The summed E-state index contributed by atoms with van der Waals surface area (Å²) in [4.78, 5) is 14.2. The SMILES string of the molecule is CCCCC1(CCCC)c2ccccc2-c2ccc(N(c3ccc(C=O)cc3)c3ccc4c(c3)C(CCCC)(CCCC)c3ccccc3-4)cc21. The first-order valence-corrected chi connectivity index (χ1v) is 19.9. The molecule has 262 valence electrons. The number of hydrogen-bond acceptors (Lipinski definition) is 2. The van der Waals surface area contributed by atoms with Gasteiger partial charge in [0.2, 0.25) is 0 Å². The van der Waals surface area contributed by atoms with Crippen molar-refractivity contribution < 1.29 is 4.79 Å². The molecule has 0 fully saturated rings. The molecular formula is C49H55NO. The molecule has 0 N–H and O–H groups in total. The Balaban J connectivity index is 1.44. The molecular weight excluding hydrogens is 619 g/mol. The van der Waals surface area contributed by atoms with E-state index in [4.69, 9.17) is 0 Å². The molecule has 0 saturated heterocycles. The first-order chi connectivity index (χ1) is 25.0. The highest BCUT2D eigenvalue weighted by molar-refractivity contribution is 5.89. The predicted octanol–water partition coefficient (Wildman–Crippen LogP) is 14.3. The number of anilines is 3. The van der Waals surface area contributed by atoms with Gasteiger partial charge in [0, 0.05) is 33.5 Å². The zero-order valence-corrected chi connectivity index (χ0v) is 31.3. The monoisotopic (exact) mass is 673 g/mol. The molecule has 51 heavy (non-hydrogen) atoms. The summed E-state index contributed by atoms with van der Waals surface area (Å²) in [5.74, 6) is 0. The molecule has 0 unspecified atom stereocenters. The van der Waals surface area contributed by atoms with Crippen LogP contribution in [-0.4, -0.2) is 6.29 Å². The molecule has 0 bridgehead atoms. The molecule has 2 aliphatic carbocycles. The van der Waals surface area contributed by atoms with Crippen molar-refractivity contribution in [2.75, 3.05) is 4.90 Å². The van der Waals surface area contributed by atoms with E-state index in [1.807, 2.05) is 12.1 Å². The van der Waals surface area contributed by atoms with Gasteiger partial charge >= 0.3 is 0 Å². The van der Waals surface area contributed by atoms with E-state index >= 15 is 0 Å². The van der Waals surface area contributed by atoms with Crippen molar-refractivity contribution in [2.24, 2.45) is 0 Å². The van der Waals surface area contributed by atoms with Gasteiger partial charge in [-0.1, -0.05) is 140 Å². The summed E-state index contributed by atoms with van der Waals surface area (Å²) in [5, 5.41) is 0. The van der Waals surface area contributed by atoms with Gasteiger partial charge in [-0.05, 0) is 119 Å². The number of fused-ring (bicyclic) bond motifs is 6. The number of nitrogens with zero attached hydrogens (tertiary/aromatic N) is 1. The maximum absolute atomic E-state index is 11.8. The van der Waals surface area contributed by atoms with E-state index in [0.29, 0.717) is 5.56 Å². The molecule has 7 rings (SSSR count). The Morgan fingerprint density at radius 1 is 0.451 bits per heavy atom. The van der Waals surface area contributed by atoms with Gasteiger partial charge in [-0.15, -0.1) is 0 Å². The third-order valence-corrected chi connectivity index (χ3v) is 12.1. The van der Waals surface area contributed by atoms with E-state index in [2.05, 4.69) is 130 Å². The quantitative estimate of drug-likeness (QED) is 0.0972. The van der Waals surface area contributed by atoms with Crippen LogP contribution in [0.15, 0.2) is 109 Å². The van der Waals surface area contributed by atoms with Gasteiger partial charge < -0.3 is 4.90 Å². The molecule has 0 spiro atoms. The number of carbonyl (C=O) groups excluding carboxylic acids is 1. The number of hydrogen-bond donors (Lipinski definition) is 0. The van der Waals surface area contributed by atoms with Crippen molar-refractivity contribution in [1.29, 1.82) is 0 Å². The maximum Gasteiger partial charge on any atom is 0.150 e. The Labute approximate surface area is 307 Å². The van der Waals surface area contributed by atoms with Crippen LogP contribution in [0.1, 0.15) is 137 Å². The largest absolute Gasteiger partial charge is 0.310 e. The molecule has 5 aromatic rings. The van der Waals surface area contributed by atoms with Crippen LogP contribution < -0.4 is 4.90 Å². The zero-order chi connectivity index (χ0) is 35.4. The Morgan fingerprint density at radius 3 is 1.22 bits per heavy atom. The Kier molecular flexibility index (Phi) is 10.3. The van der Waals surface area contributed by atoms with Gasteiger partial charge in [-0.3, -0.25) is 4.79 Å². The highest BCUT2D eigenvalue weighted by Gasteiger charge is 2.44. The van der Waals surface area contributed by atoms with Gasteiger partial charge in [0.05, 0.1) is 0 Å². The highest BCUT2D eigenvalue weighted by atomic mass is 16.1. The second-order valence-corrected chi connectivity index (χ2v) is 15.2. The van der Waals surface area contributed by atoms with Crippen LogP contribution in [0.4, 0.5) is 17.1 Å². The van der Waals surface area contributed by atoms with Crippen LogP contribution in [0.5, 0.6) is 0 Å². The summed E-state index contributed by atoms with van der Waals surface area (Å²) in [6, 6.07) is 41.1. The lowest BCUT2D eigenvalue weighted by molar-refractivity contribution is 0.112. The molecule has 0 saturated carbocycles. The lowest BCUT2D eigenvalue weighted by Crippen LogP contribution is -2.26. The summed E-state index contributed by atoms with van der Waals surface area (Å²) in [7, 11) is 0. The van der Waals surface area contributed by atoms with E-state index in [1.165, 1.54) is 133 Å². The van der Waals surface area contributed by atoms with E-state index in [-0.39, 0.29) is 10.8 Å².